The number of para-hydroxylation sites is 1. The van der Waals surface area contributed by atoms with Gasteiger partial charge in [0.25, 0.3) is 0 Å². The van der Waals surface area contributed by atoms with Crippen LogP contribution in [-0.4, -0.2) is 3.96 Å². The molecule has 0 radical (unpaired) electrons. The van der Waals surface area contributed by atoms with E-state index in [-0.39, 0.29) is 0 Å². The fourth-order valence-corrected chi connectivity index (χ4v) is 1.81. The van der Waals surface area contributed by atoms with Crippen LogP contribution in [0.2, 0.25) is 0 Å². The first-order chi connectivity index (χ1) is 4.38. The Morgan fingerprint density at radius 2 is 2.11 bits per heavy atom. The minimum atomic E-state index is 1.35. The molecule has 2 rings (SSSR count). The van der Waals surface area contributed by atoms with Crippen molar-refractivity contribution in [2.75, 3.05) is 0 Å². The quantitative estimate of drug-likeness (QED) is 0.524. The largest absolute Gasteiger partial charge is 0.299 e. The summed E-state index contributed by atoms with van der Waals surface area (Å²) < 4.78 is 3.55. The topological polar surface area (TPSA) is 4.93 Å². The number of nitrogens with zero attached hydrogens (tertiary/aromatic N) is 1. The van der Waals surface area contributed by atoms with Crippen LogP contribution in [0.1, 0.15) is 0 Å². The second-order valence-electron chi connectivity index (χ2n) is 2.06. The second kappa shape index (κ2) is 1.61. The van der Waals surface area contributed by atoms with Crippen molar-refractivity contribution in [1.29, 1.82) is 0 Å². The minimum Gasteiger partial charge on any atom is -0.299 e. The molecule has 0 aliphatic heterocycles. The molecule has 0 spiro atoms. The molecule has 0 saturated carbocycles. The first kappa shape index (κ1) is 5.06. The van der Waals surface area contributed by atoms with E-state index in [1.807, 2.05) is 0 Å². The van der Waals surface area contributed by atoms with Gasteiger partial charge in [-0.2, -0.15) is 0 Å². The first-order valence-corrected chi connectivity index (χ1v) is 3.66. The van der Waals surface area contributed by atoms with Crippen LogP contribution in [0.5, 0.6) is 0 Å². The third-order valence-electron chi connectivity index (χ3n) is 1.44. The molecule has 1 heterocycles. The Balaban J connectivity index is 2.81. The molecule has 0 saturated heterocycles. The molecule has 1 aromatic carbocycles. The van der Waals surface area contributed by atoms with Crippen molar-refractivity contribution in [3.8, 4) is 0 Å². The maximum Gasteiger partial charge on any atom is 0.0692 e. The molecule has 2 aromatic rings. The van der Waals surface area contributed by atoms with Gasteiger partial charge in [0.05, 0.1) is 10.2 Å². The van der Waals surface area contributed by atoms with Crippen LogP contribution in [0.15, 0.2) is 24.3 Å². The van der Waals surface area contributed by atoms with Crippen molar-refractivity contribution in [1.82, 2.24) is 3.96 Å². The Kier molecular flexibility index (Phi) is 0.904. The number of hydrogen-bond donors (Lipinski definition) is 0. The van der Waals surface area contributed by atoms with Gasteiger partial charge >= 0.3 is 0 Å². The summed E-state index contributed by atoms with van der Waals surface area (Å²) >= 11 is 1.79. The first-order valence-electron chi connectivity index (χ1n) is 2.88. The molecule has 9 heavy (non-hydrogen) atoms. The average Bonchev–Trinajstić information content (AvgIpc) is 1.86. The lowest BCUT2D eigenvalue weighted by molar-refractivity contribution is 1.07. The van der Waals surface area contributed by atoms with E-state index in [4.69, 9.17) is 0 Å². The fraction of sp³-hybridized carbons (Fsp3) is 0.143. The van der Waals surface area contributed by atoms with Crippen LogP contribution in [0.25, 0.3) is 10.2 Å². The molecule has 0 bridgehead atoms. The van der Waals surface area contributed by atoms with Gasteiger partial charge < -0.3 is 0 Å². The maximum absolute atomic E-state index is 2.16. The normalized spacial score (nSPS) is 10.8. The number of fused-ring (bicyclic) bond motifs is 1. The predicted octanol–water partition coefficient (Wildman–Crippen LogP) is 2.24. The molecule has 0 aliphatic rings. The average molecular weight is 137 g/mol. The number of aromatic nitrogens is 1. The predicted molar refractivity (Wildman–Crippen MR) is 40.8 cm³/mol. The highest BCUT2D eigenvalue weighted by Gasteiger charge is 1.97. The third-order valence-corrected chi connectivity index (χ3v) is 2.45. The van der Waals surface area contributed by atoms with Gasteiger partial charge in [0.15, 0.2) is 0 Å². The van der Waals surface area contributed by atoms with E-state index in [9.17, 15) is 0 Å². The summed E-state index contributed by atoms with van der Waals surface area (Å²) in [6.07, 6.45) is 0. The van der Waals surface area contributed by atoms with Crippen LogP contribution in [0.3, 0.4) is 0 Å². The van der Waals surface area contributed by atoms with Crippen molar-refractivity contribution < 1.29 is 0 Å². The zero-order valence-electron chi connectivity index (χ0n) is 5.16. The van der Waals surface area contributed by atoms with E-state index in [0.717, 1.165) is 0 Å². The monoisotopic (exact) mass is 137 g/mol. The van der Waals surface area contributed by atoms with Crippen LogP contribution < -0.4 is 0 Å². The number of aryl methyl sites for hydroxylation is 1. The molecule has 0 amide bonds. The lowest BCUT2D eigenvalue weighted by Crippen LogP contribution is -1.90. The second-order valence-corrected chi connectivity index (χ2v) is 3.23. The van der Waals surface area contributed by atoms with E-state index in [1.165, 1.54) is 10.2 Å². The molecule has 0 unspecified atom stereocenters. The highest BCUT2D eigenvalue weighted by atomic mass is 32.1. The van der Waals surface area contributed by atoms with E-state index >= 15 is 0 Å². The van der Waals surface area contributed by atoms with Gasteiger partial charge in [0.2, 0.25) is 0 Å². The molecule has 0 N–H and O–H groups in total. The van der Waals surface area contributed by atoms with E-state index < -0.39 is 0 Å². The number of rotatable bonds is 0. The Bertz CT molecular complexity index is 318. The molecule has 1 aromatic heterocycles. The summed E-state index contributed by atoms with van der Waals surface area (Å²) in [7, 11) is 2.08. The van der Waals surface area contributed by atoms with Crippen molar-refractivity contribution in [3.05, 3.63) is 24.3 Å². The van der Waals surface area contributed by atoms with Gasteiger partial charge in [-0.15, -0.1) is 0 Å². The summed E-state index contributed by atoms with van der Waals surface area (Å²) in [6, 6.07) is 8.40. The van der Waals surface area contributed by atoms with Crippen LogP contribution in [-0.2, 0) is 7.05 Å². The fourth-order valence-electron chi connectivity index (χ4n) is 0.952. The highest BCUT2D eigenvalue weighted by molar-refractivity contribution is 7.16. The Morgan fingerprint density at radius 3 is 2.67 bits per heavy atom. The molecule has 0 aliphatic carbocycles. The standard InChI is InChI=1S/C7H7NS/c1-8-6-4-2-3-5-7(6)9-8/h2-5H,1H3. The SMILES string of the molecule is Cn1sc2ccccc21. The van der Waals surface area contributed by atoms with Gasteiger partial charge in [0, 0.05) is 7.05 Å². The molecule has 2 heteroatoms. The molecular formula is C7H7NS. The molecule has 46 valence electrons. The van der Waals surface area contributed by atoms with Crippen LogP contribution in [0.4, 0.5) is 0 Å². The van der Waals surface area contributed by atoms with E-state index in [0.29, 0.717) is 0 Å². The van der Waals surface area contributed by atoms with Crippen LogP contribution in [0, 0.1) is 0 Å². The number of benzene rings is 1. The van der Waals surface area contributed by atoms with E-state index in [1.54, 1.807) is 11.5 Å². The smallest absolute Gasteiger partial charge is 0.0692 e. The Hall–Kier alpha value is -0.760. The number of hydrogen-bond acceptors (Lipinski definition) is 1. The van der Waals surface area contributed by atoms with Gasteiger partial charge in [-0.25, -0.2) is 0 Å². The van der Waals surface area contributed by atoms with E-state index in [2.05, 4.69) is 35.3 Å². The lowest BCUT2D eigenvalue weighted by Gasteiger charge is -2.06. The summed E-state index contributed by atoms with van der Waals surface area (Å²) in [4.78, 5) is 0. The zero-order valence-corrected chi connectivity index (χ0v) is 5.98. The van der Waals surface area contributed by atoms with Gasteiger partial charge in [0.1, 0.15) is 0 Å². The summed E-state index contributed by atoms with van der Waals surface area (Å²) in [6.45, 7) is 0. The molecule has 0 atom stereocenters. The zero-order chi connectivity index (χ0) is 6.27. The van der Waals surface area contributed by atoms with Crippen molar-refractivity contribution >= 4 is 21.7 Å². The van der Waals surface area contributed by atoms with Gasteiger partial charge in [-0.3, -0.25) is 3.96 Å². The maximum atomic E-state index is 2.16. The Morgan fingerprint density at radius 1 is 1.33 bits per heavy atom. The van der Waals surface area contributed by atoms with Gasteiger partial charge in [-0.05, 0) is 12.1 Å². The Labute approximate surface area is 57.7 Å². The molecule has 1 nitrogen and oxygen atoms in total. The summed E-state index contributed by atoms with van der Waals surface area (Å²) in [5.41, 5.74) is 1.35. The molecule has 0 fully saturated rings. The molecular weight excluding hydrogens is 130 g/mol. The summed E-state index contributed by atoms with van der Waals surface area (Å²) in [5.74, 6) is 0. The van der Waals surface area contributed by atoms with Crippen molar-refractivity contribution in [3.63, 3.8) is 0 Å². The summed E-state index contributed by atoms with van der Waals surface area (Å²) in [5, 5.41) is 0. The van der Waals surface area contributed by atoms with Crippen molar-refractivity contribution in [2.45, 2.75) is 0 Å². The van der Waals surface area contributed by atoms with Gasteiger partial charge in [-0.1, -0.05) is 23.7 Å². The third kappa shape index (κ3) is 0.598. The highest BCUT2D eigenvalue weighted by Crippen LogP contribution is 2.22. The van der Waals surface area contributed by atoms with Crippen molar-refractivity contribution in [2.24, 2.45) is 7.05 Å². The lowest BCUT2D eigenvalue weighted by atomic mass is 10.3. The van der Waals surface area contributed by atoms with Crippen LogP contribution >= 0.6 is 11.5 Å². The minimum absolute atomic E-state index is 1.35.